The van der Waals surface area contributed by atoms with Crippen LogP contribution in [-0.4, -0.2) is 0 Å². The highest BCUT2D eigenvalue weighted by atomic mass is 14.2. The molecule has 0 aromatic heterocycles. The van der Waals surface area contributed by atoms with Crippen molar-refractivity contribution >= 4 is 0 Å². The fraction of sp³-hybridized carbons (Fsp3) is 0.0526. The Hall–Kier alpha value is -4.68. The van der Waals surface area contributed by atoms with E-state index < -0.39 is 0 Å². The average Bonchev–Trinajstić information content (AvgIpc) is 2.99. The Labute approximate surface area is 225 Å². The van der Waals surface area contributed by atoms with Gasteiger partial charge in [0.15, 0.2) is 0 Å². The molecule has 38 heavy (non-hydrogen) atoms. The van der Waals surface area contributed by atoms with E-state index in [2.05, 4.69) is 165 Å². The van der Waals surface area contributed by atoms with Gasteiger partial charge >= 0.3 is 0 Å². The molecule has 0 saturated heterocycles. The van der Waals surface area contributed by atoms with Crippen LogP contribution in [0, 0.1) is 6.92 Å². The topological polar surface area (TPSA) is 0 Å². The summed E-state index contributed by atoms with van der Waals surface area (Å²) < 4.78 is 0. The normalized spacial score (nSPS) is 11.0. The van der Waals surface area contributed by atoms with Crippen LogP contribution in [0.5, 0.6) is 0 Å². The van der Waals surface area contributed by atoms with Crippen LogP contribution in [0.3, 0.4) is 0 Å². The van der Waals surface area contributed by atoms with Gasteiger partial charge < -0.3 is 0 Å². The molecule has 0 amide bonds. The van der Waals surface area contributed by atoms with Gasteiger partial charge in [0.2, 0.25) is 0 Å². The van der Waals surface area contributed by atoms with E-state index in [1.165, 1.54) is 55.6 Å². The Bertz CT molecular complexity index is 1580. The van der Waals surface area contributed by atoms with Crippen molar-refractivity contribution in [1.29, 1.82) is 0 Å². The van der Waals surface area contributed by atoms with Crippen molar-refractivity contribution in [1.82, 2.24) is 0 Å². The van der Waals surface area contributed by atoms with Crippen LogP contribution >= 0.6 is 0 Å². The van der Waals surface area contributed by atoms with E-state index in [0.29, 0.717) is 0 Å². The molecule has 0 spiro atoms. The summed E-state index contributed by atoms with van der Waals surface area (Å²) >= 11 is 0. The minimum absolute atomic E-state index is 0.104. The zero-order valence-corrected chi connectivity index (χ0v) is 21.6. The van der Waals surface area contributed by atoms with Crippen molar-refractivity contribution in [2.24, 2.45) is 0 Å². The molecule has 0 saturated carbocycles. The van der Waals surface area contributed by atoms with Crippen LogP contribution in [0.2, 0.25) is 0 Å². The highest BCUT2D eigenvalue weighted by Crippen LogP contribution is 2.37. The van der Waals surface area contributed by atoms with Crippen molar-refractivity contribution in [3.05, 3.63) is 180 Å². The quantitative estimate of drug-likeness (QED) is 0.205. The molecule has 0 atom stereocenters. The second-order valence-electron chi connectivity index (χ2n) is 9.91. The van der Waals surface area contributed by atoms with Gasteiger partial charge in [-0.3, -0.25) is 0 Å². The zero-order chi connectivity index (χ0) is 25.7. The van der Waals surface area contributed by atoms with Gasteiger partial charge in [-0.15, -0.1) is 0 Å². The largest absolute Gasteiger partial charge is 0.0622 e. The van der Waals surface area contributed by atoms with E-state index in [4.69, 9.17) is 0 Å². The highest BCUT2D eigenvalue weighted by molar-refractivity contribution is 5.69. The molecular formula is C38H30. The molecule has 0 N–H and O–H groups in total. The average molecular weight is 487 g/mol. The van der Waals surface area contributed by atoms with Crippen LogP contribution in [0.1, 0.15) is 28.2 Å². The Balaban J connectivity index is 1.51. The van der Waals surface area contributed by atoms with Crippen LogP contribution in [0.25, 0.3) is 33.4 Å². The maximum absolute atomic E-state index is 2.36. The fourth-order valence-electron chi connectivity index (χ4n) is 5.36. The third-order valence-electron chi connectivity index (χ3n) is 7.23. The summed E-state index contributed by atoms with van der Waals surface area (Å²) in [5, 5.41) is 0. The SMILES string of the molecule is Cc1cccc(-c2cccc(C(c3cccc(-c4ccccc4)c3)c3cccc(-c4ccccc4)c3)c2)c1. The smallest absolute Gasteiger partial charge is 0.0340 e. The van der Waals surface area contributed by atoms with Crippen molar-refractivity contribution in [3.8, 4) is 33.4 Å². The lowest BCUT2D eigenvalue weighted by atomic mass is 9.82. The monoisotopic (exact) mass is 486 g/mol. The molecule has 0 bridgehead atoms. The van der Waals surface area contributed by atoms with Crippen molar-refractivity contribution in [2.45, 2.75) is 12.8 Å². The molecule has 0 aliphatic heterocycles. The molecule has 182 valence electrons. The van der Waals surface area contributed by atoms with E-state index in [0.717, 1.165) is 0 Å². The van der Waals surface area contributed by atoms with Crippen molar-refractivity contribution in [2.75, 3.05) is 0 Å². The number of hydrogen-bond acceptors (Lipinski definition) is 0. The predicted molar refractivity (Wildman–Crippen MR) is 161 cm³/mol. The molecular weight excluding hydrogens is 456 g/mol. The van der Waals surface area contributed by atoms with Crippen LogP contribution in [0.15, 0.2) is 158 Å². The molecule has 6 aromatic carbocycles. The fourth-order valence-corrected chi connectivity index (χ4v) is 5.36. The lowest BCUT2D eigenvalue weighted by Gasteiger charge is -2.21. The van der Waals surface area contributed by atoms with Gasteiger partial charge in [0.05, 0.1) is 0 Å². The molecule has 0 aliphatic rings. The summed E-state index contributed by atoms with van der Waals surface area (Å²) in [6, 6.07) is 57.2. The van der Waals surface area contributed by atoms with E-state index >= 15 is 0 Å². The molecule has 6 aromatic rings. The second-order valence-corrected chi connectivity index (χ2v) is 9.91. The van der Waals surface area contributed by atoms with Gasteiger partial charge in [0.25, 0.3) is 0 Å². The highest BCUT2D eigenvalue weighted by Gasteiger charge is 2.19. The summed E-state index contributed by atoms with van der Waals surface area (Å²) in [5.74, 6) is 0.104. The summed E-state index contributed by atoms with van der Waals surface area (Å²) in [6.45, 7) is 2.15. The Morgan fingerprint density at radius 1 is 0.316 bits per heavy atom. The summed E-state index contributed by atoms with van der Waals surface area (Å²) in [4.78, 5) is 0. The van der Waals surface area contributed by atoms with Crippen LogP contribution in [0.4, 0.5) is 0 Å². The molecule has 0 aliphatic carbocycles. The van der Waals surface area contributed by atoms with E-state index in [9.17, 15) is 0 Å². The zero-order valence-electron chi connectivity index (χ0n) is 21.6. The van der Waals surface area contributed by atoms with Gasteiger partial charge in [-0.1, -0.05) is 163 Å². The molecule has 0 heterocycles. The first-order valence-electron chi connectivity index (χ1n) is 13.2. The molecule has 6 rings (SSSR count). The summed E-state index contributed by atoms with van der Waals surface area (Å²) in [7, 11) is 0. The molecule has 0 radical (unpaired) electrons. The van der Waals surface area contributed by atoms with E-state index in [1.54, 1.807) is 0 Å². The number of aryl methyl sites for hydroxylation is 1. The molecule has 0 unspecified atom stereocenters. The lowest BCUT2D eigenvalue weighted by Crippen LogP contribution is -2.04. The van der Waals surface area contributed by atoms with Gasteiger partial charge in [-0.2, -0.15) is 0 Å². The van der Waals surface area contributed by atoms with E-state index in [-0.39, 0.29) is 5.92 Å². The minimum atomic E-state index is 0.104. The third kappa shape index (κ3) is 5.08. The lowest BCUT2D eigenvalue weighted by molar-refractivity contribution is 0.979. The van der Waals surface area contributed by atoms with Gasteiger partial charge in [-0.25, -0.2) is 0 Å². The first kappa shape index (κ1) is 23.7. The summed E-state index contributed by atoms with van der Waals surface area (Å²) in [6.07, 6.45) is 0. The first-order chi connectivity index (χ1) is 18.7. The maximum atomic E-state index is 2.36. The maximum Gasteiger partial charge on any atom is 0.0340 e. The van der Waals surface area contributed by atoms with Crippen molar-refractivity contribution in [3.63, 3.8) is 0 Å². The van der Waals surface area contributed by atoms with Crippen LogP contribution in [-0.2, 0) is 0 Å². The minimum Gasteiger partial charge on any atom is -0.0622 e. The second kappa shape index (κ2) is 10.7. The van der Waals surface area contributed by atoms with E-state index in [1.807, 2.05) is 0 Å². The van der Waals surface area contributed by atoms with Crippen LogP contribution < -0.4 is 0 Å². The number of rotatable bonds is 6. The predicted octanol–water partition coefficient (Wildman–Crippen LogP) is 10.2. The van der Waals surface area contributed by atoms with Gasteiger partial charge in [0, 0.05) is 5.92 Å². The molecule has 0 heteroatoms. The Morgan fingerprint density at radius 3 is 1.08 bits per heavy atom. The first-order valence-corrected chi connectivity index (χ1v) is 13.2. The van der Waals surface area contributed by atoms with Gasteiger partial charge in [0.1, 0.15) is 0 Å². The number of benzene rings is 6. The molecule has 0 fully saturated rings. The standard InChI is InChI=1S/C38H30/c1-28-12-8-17-31(24-28)34-20-11-23-37(27-34)38(35-21-9-18-32(25-35)29-13-4-2-5-14-29)36-22-10-19-33(26-36)30-15-6-3-7-16-30/h2-27,38H,1H3. The summed E-state index contributed by atoms with van der Waals surface area (Å²) in [5.41, 5.74) is 12.6. The Morgan fingerprint density at radius 2 is 0.658 bits per heavy atom. The molecule has 0 nitrogen and oxygen atoms in total. The van der Waals surface area contributed by atoms with Crippen molar-refractivity contribution < 1.29 is 0 Å². The Kier molecular flexibility index (Phi) is 6.70. The van der Waals surface area contributed by atoms with Gasteiger partial charge in [-0.05, 0) is 57.0 Å². The number of hydrogen-bond donors (Lipinski definition) is 0. The third-order valence-corrected chi connectivity index (χ3v) is 7.23.